The molecule has 6 heteroatoms. The third kappa shape index (κ3) is 4.38. The molecule has 0 unspecified atom stereocenters. The molecule has 2 N–H and O–H groups in total. The van der Waals surface area contributed by atoms with Crippen LogP contribution in [0.4, 0.5) is 4.39 Å². The maximum atomic E-state index is 12.8. The zero-order chi connectivity index (χ0) is 14.2. The Labute approximate surface area is 116 Å². The minimum Gasteiger partial charge on any atom is -0.364 e. The molecule has 0 aliphatic heterocycles. The number of nitrogens with one attached hydrogen (secondary N) is 2. The molecule has 0 spiro atoms. The molecule has 1 aromatic heterocycles. The van der Waals surface area contributed by atoms with E-state index < -0.39 is 0 Å². The van der Waals surface area contributed by atoms with Crippen molar-refractivity contribution in [2.24, 2.45) is 4.99 Å². The zero-order valence-electron chi connectivity index (χ0n) is 11.3. The molecule has 0 fully saturated rings. The van der Waals surface area contributed by atoms with E-state index in [1.165, 1.54) is 18.4 Å². The third-order valence-electron chi connectivity index (χ3n) is 2.61. The monoisotopic (exact) mass is 276 g/mol. The number of hydrogen-bond donors (Lipinski definition) is 2. The number of rotatable bonds is 5. The van der Waals surface area contributed by atoms with Crippen LogP contribution < -0.4 is 10.6 Å². The normalized spacial score (nSPS) is 11.4. The van der Waals surface area contributed by atoms with Crippen LogP contribution in [0.25, 0.3) is 0 Å². The fraction of sp³-hybridized carbons (Fsp3) is 0.286. The maximum Gasteiger partial charge on any atom is 0.191 e. The first kappa shape index (κ1) is 14.0. The second-order valence-electron chi connectivity index (χ2n) is 4.17. The lowest BCUT2D eigenvalue weighted by atomic mass is 10.2. The predicted molar refractivity (Wildman–Crippen MR) is 74.6 cm³/mol. The van der Waals surface area contributed by atoms with Crippen LogP contribution in [0, 0.1) is 5.82 Å². The Balaban J connectivity index is 1.92. The molecule has 0 saturated carbocycles. The van der Waals surface area contributed by atoms with Gasteiger partial charge in [-0.2, -0.15) is 0 Å². The lowest BCUT2D eigenvalue weighted by molar-refractivity contribution is 0.410. The average Bonchev–Trinajstić information content (AvgIpc) is 2.97. The number of nitrogens with zero attached hydrogens (tertiary/aromatic N) is 2. The topological polar surface area (TPSA) is 62.5 Å². The highest BCUT2D eigenvalue weighted by molar-refractivity contribution is 5.79. The van der Waals surface area contributed by atoms with Crippen molar-refractivity contribution >= 4 is 5.96 Å². The van der Waals surface area contributed by atoms with Crippen LogP contribution in [-0.4, -0.2) is 17.7 Å². The van der Waals surface area contributed by atoms with Crippen molar-refractivity contribution in [3.63, 3.8) is 0 Å². The Morgan fingerprint density at radius 3 is 2.70 bits per heavy atom. The number of halogens is 1. The lowest BCUT2D eigenvalue weighted by Gasteiger charge is -2.09. The number of guanidine groups is 1. The Hall–Kier alpha value is -2.37. The summed E-state index contributed by atoms with van der Waals surface area (Å²) in [5.41, 5.74) is 1.75. The Morgan fingerprint density at radius 1 is 1.25 bits per heavy atom. The second-order valence-corrected chi connectivity index (χ2v) is 4.17. The van der Waals surface area contributed by atoms with Gasteiger partial charge in [-0.3, -0.25) is 0 Å². The van der Waals surface area contributed by atoms with Crippen LogP contribution in [0.15, 0.2) is 46.1 Å². The summed E-state index contributed by atoms with van der Waals surface area (Å²) in [6.07, 6.45) is 1.53. The van der Waals surface area contributed by atoms with E-state index in [4.69, 9.17) is 4.52 Å². The van der Waals surface area contributed by atoms with Gasteiger partial charge in [0.2, 0.25) is 0 Å². The lowest BCUT2D eigenvalue weighted by Crippen LogP contribution is -2.36. The molecule has 2 aromatic rings. The first-order valence-corrected chi connectivity index (χ1v) is 6.44. The van der Waals surface area contributed by atoms with Crippen LogP contribution in [-0.2, 0) is 13.1 Å². The first-order chi connectivity index (χ1) is 9.78. The van der Waals surface area contributed by atoms with Crippen molar-refractivity contribution in [3.05, 3.63) is 53.7 Å². The van der Waals surface area contributed by atoms with E-state index in [1.54, 1.807) is 18.2 Å². The maximum absolute atomic E-state index is 12.8. The van der Waals surface area contributed by atoms with Gasteiger partial charge in [-0.05, 0) is 24.6 Å². The molecule has 5 nitrogen and oxygen atoms in total. The van der Waals surface area contributed by atoms with Gasteiger partial charge in [0.25, 0.3) is 0 Å². The summed E-state index contributed by atoms with van der Waals surface area (Å²) < 4.78 is 17.6. The van der Waals surface area contributed by atoms with E-state index in [0.29, 0.717) is 19.0 Å². The van der Waals surface area contributed by atoms with Crippen LogP contribution in [0.1, 0.15) is 18.2 Å². The van der Waals surface area contributed by atoms with E-state index in [9.17, 15) is 4.39 Å². The molecule has 0 aliphatic carbocycles. The summed E-state index contributed by atoms with van der Waals surface area (Å²) in [6, 6.07) is 8.10. The van der Waals surface area contributed by atoms with Gasteiger partial charge < -0.3 is 15.2 Å². The molecule has 0 bridgehead atoms. The van der Waals surface area contributed by atoms with Gasteiger partial charge in [0.1, 0.15) is 17.8 Å². The molecule has 0 atom stereocenters. The second kappa shape index (κ2) is 7.28. The Morgan fingerprint density at radius 2 is 2.05 bits per heavy atom. The van der Waals surface area contributed by atoms with Crippen molar-refractivity contribution in [1.82, 2.24) is 15.8 Å². The third-order valence-corrected chi connectivity index (χ3v) is 2.61. The van der Waals surface area contributed by atoms with E-state index in [2.05, 4.69) is 20.8 Å². The standard InChI is InChI=1S/C14H17FN4O/c1-2-16-14(18-10-13-7-8-20-19-13)17-9-11-3-5-12(15)6-4-11/h3-8H,2,9-10H2,1H3,(H2,16,17,18). The van der Waals surface area contributed by atoms with Crippen LogP contribution in [0.3, 0.4) is 0 Å². The van der Waals surface area contributed by atoms with Crippen LogP contribution >= 0.6 is 0 Å². The largest absolute Gasteiger partial charge is 0.364 e. The van der Waals surface area contributed by atoms with E-state index in [0.717, 1.165) is 17.8 Å². The first-order valence-electron chi connectivity index (χ1n) is 6.44. The van der Waals surface area contributed by atoms with Crippen molar-refractivity contribution in [3.8, 4) is 0 Å². The van der Waals surface area contributed by atoms with Gasteiger partial charge in [0.05, 0.1) is 13.1 Å². The molecular formula is C14H17FN4O. The molecular weight excluding hydrogens is 259 g/mol. The van der Waals surface area contributed by atoms with Gasteiger partial charge in [-0.1, -0.05) is 17.3 Å². The van der Waals surface area contributed by atoms with Crippen molar-refractivity contribution in [2.75, 3.05) is 6.54 Å². The number of benzene rings is 1. The molecule has 1 heterocycles. The van der Waals surface area contributed by atoms with Crippen LogP contribution in [0.2, 0.25) is 0 Å². The fourth-order valence-corrected chi connectivity index (χ4v) is 1.60. The van der Waals surface area contributed by atoms with E-state index >= 15 is 0 Å². The quantitative estimate of drug-likeness (QED) is 0.648. The summed E-state index contributed by atoms with van der Waals surface area (Å²) >= 11 is 0. The Kier molecular flexibility index (Phi) is 5.11. The zero-order valence-corrected chi connectivity index (χ0v) is 11.3. The van der Waals surface area contributed by atoms with E-state index in [1.807, 2.05) is 6.92 Å². The summed E-state index contributed by atoms with van der Waals surface area (Å²) in [5.74, 6) is 0.439. The molecule has 0 radical (unpaired) electrons. The average molecular weight is 276 g/mol. The summed E-state index contributed by atoms with van der Waals surface area (Å²) in [5, 5.41) is 10.1. The Bertz CT molecular complexity index is 537. The van der Waals surface area contributed by atoms with Gasteiger partial charge in [0.15, 0.2) is 5.96 Å². The molecule has 0 amide bonds. The summed E-state index contributed by atoms with van der Waals surface area (Å²) in [6.45, 7) is 3.76. The highest BCUT2D eigenvalue weighted by atomic mass is 19.1. The molecule has 1 aromatic carbocycles. The summed E-state index contributed by atoms with van der Waals surface area (Å²) in [7, 11) is 0. The van der Waals surface area contributed by atoms with Crippen molar-refractivity contribution < 1.29 is 8.91 Å². The summed E-state index contributed by atoms with van der Waals surface area (Å²) in [4.78, 5) is 4.43. The number of aliphatic imine (C=N–C) groups is 1. The number of hydrogen-bond acceptors (Lipinski definition) is 3. The molecule has 106 valence electrons. The van der Waals surface area contributed by atoms with Crippen molar-refractivity contribution in [1.29, 1.82) is 0 Å². The highest BCUT2D eigenvalue weighted by Crippen LogP contribution is 2.04. The molecule has 0 saturated heterocycles. The fourth-order valence-electron chi connectivity index (χ4n) is 1.60. The molecule has 20 heavy (non-hydrogen) atoms. The van der Waals surface area contributed by atoms with Crippen molar-refractivity contribution in [2.45, 2.75) is 20.0 Å². The minimum atomic E-state index is -0.242. The van der Waals surface area contributed by atoms with Gasteiger partial charge >= 0.3 is 0 Å². The smallest absolute Gasteiger partial charge is 0.191 e. The van der Waals surface area contributed by atoms with Gasteiger partial charge in [-0.25, -0.2) is 9.38 Å². The van der Waals surface area contributed by atoms with Gasteiger partial charge in [0, 0.05) is 12.6 Å². The van der Waals surface area contributed by atoms with Crippen LogP contribution in [0.5, 0.6) is 0 Å². The predicted octanol–water partition coefficient (Wildman–Crippen LogP) is 2.07. The molecule has 2 rings (SSSR count). The van der Waals surface area contributed by atoms with Gasteiger partial charge in [-0.15, -0.1) is 0 Å². The van der Waals surface area contributed by atoms with E-state index in [-0.39, 0.29) is 5.82 Å². The molecule has 0 aliphatic rings. The SMILES string of the molecule is CCNC(=NCc1ccc(F)cc1)NCc1ccon1. The number of aromatic nitrogens is 1. The highest BCUT2D eigenvalue weighted by Gasteiger charge is 2.00. The minimum absolute atomic E-state index is 0.242.